The van der Waals surface area contributed by atoms with E-state index in [1.165, 1.54) is 49.5 Å². The topological polar surface area (TPSA) is 16.4 Å². The Morgan fingerprint density at radius 2 is 1.23 bits per heavy atom. The van der Waals surface area contributed by atoms with Crippen LogP contribution < -0.4 is 4.90 Å². The number of rotatable bonds is 6. The van der Waals surface area contributed by atoms with Gasteiger partial charge in [0.25, 0.3) is 0 Å². The van der Waals surface area contributed by atoms with E-state index in [4.69, 9.17) is 4.42 Å². The number of allylic oxidation sites excluding steroid dienone is 3. The van der Waals surface area contributed by atoms with E-state index in [-0.39, 0.29) is 0 Å². The fourth-order valence-corrected chi connectivity index (χ4v) is 8.81. The summed E-state index contributed by atoms with van der Waals surface area (Å²) in [7, 11) is 0. The number of nitrogens with zero attached hydrogens (tertiary/aromatic N) is 1. The zero-order chi connectivity index (χ0) is 37.0. The predicted octanol–water partition coefficient (Wildman–Crippen LogP) is 14.9. The molecule has 0 fully saturated rings. The van der Waals surface area contributed by atoms with Crippen molar-refractivity contribution < 1.29 is 4.42 Å². The van der Waals surface area contributed by atoms with Crippen LogP contribution in [-0.2, 0) is 0 Å². The van der Waals surface area contributed by atoms with Gasteiger partial charge in [-0.1, -0.05) is 152 Å². The lowest BCUT2D eigenvalue weighted by Gasteiger charge is -2.32. The SMILES string of the molecule is c1ccc2c(N(C3=C(c4ccc(-c5ccccc5)cc4)CCC=C3)c3cccc4oc5c6ccccc6c(-c6cccc7ccccc67)cc5c34)cccc2c#1. The van der Waals surface area contributed by atoms with Crippen LogP contribution >= 0.6 is 0 Å². The van der Waals surface area contributed by atoms with E-state index in [0.717, 1.165) is 68.0 Å². The minimum absolute atomic E-state index is 0.858. The van der Waals surface area contributed by atoms with E-state index in [2.05, 4.69) is 199 Å². The molecule has 0 radical (unpaired) electrons. The lowest BCUT2D eigenvalue weighted by atomic mass is 9.91. The summed E-state index contributed by atoms with van der Waals surface area (Å²) < 4.78 is 6.94. The van der Waals surface area contributed by atoms with Gasteiger partial charge in [0.1, 0.15) is 11.2 Å². The lowest BCUT2D eigenvalue weighted by Crippen LogP contribution is -2.19. The lowest BCUT2D eigenvalue weighted by molar-refractivity contribution is 0.672. The number of hydrogen-bond acceptors (Lipinski definition) is 2. The first-order valence-corrected chi connectivity index (χ1v) is 19.3. The molecular weight excluding hydrogens is 679 g/mol. The van der Waals surface area contributed by atoms with Gasteiger partial charge in [0, 0.05) is 27.2 Å². The largest absolute Gasteiger partial charge is 0.455 e. The second-order valence-electron chi connectivity index (χ2n) is 14.6. The standard InChI is InChI=1S/C54H35NO/c1-2-15-36(16-3-1)37-31-33-40(34-32-37)43-23-10-11-27-49(43)55(50-28-13-20-39-18-5-7-22-42(39)50)51-29-14-30-52-53(51)48-35-47(45-24-8-9-25-46(45)54(48)56-52)44-26-12-19-38-17-4-6-21-41(38)44/h1-4,6-9,11-17,19-22,24-35H,10,23H2. The summed E-state index contributed by atoms with van der Waals surface area (Å²) in [6, 6.07) is 69.7. The van der Waals surface area contributed by atoms with Gasteiger partial charge in [0.2, 0.25) is 0 Å². The fourth-order valence-electron chi connectivity index (χ4n) is 8.81. The van der Waals surface area contributed by atoms with E-state index < -0.39 is 0 Å². The highest BCUT2D eigenvalue weighted by Gasteiger charge is 2.26. The van der Waals surface area contributed by atoms with Crippen LogP contribution in [0, 0.1) is 12.1 Å². The van der Waals surface area contributed by atoms with Crippen LogP contribution in [0.2, 0.25) is 0 Å². The first kappa shape index (κ1) is 32.1. The smallest absolute Gasteiger partial charge is 0.143 e. The molecule has 262 valence electrons. The Morgan fingerprint density at radius 1 is 0.518 bits per heavy atom. The van der Waals surface area contributed by atoms with Crippen molar-refractivity contribution in [1.29, 1.82) is 0 Å². The number of anilines is 2. The van der Waals surface area contributed by atoms with Gasteiger partial charge < -0.3 is 9.32 Å². The zero-order valence-corrected chi connectivity index (χ0v) is 30.7. The van der Waals surface area contributed by atoms with Crippen molar-refractivity contribution in [1.82, 2.24) is 0 Å². The first-order valence-electron chi connectivity index (χ1n) is 19.3. The molecule has 0 aliphatic heterocycles. The number of hydrogen-bond donors (Lipinski definition) is 0. The minimum Gasteiger partial charge on any atom is -0.455 e. The van der Waals surface area contributed by atoms with Gasteiger partial charge in [-0.25, -0.2) is 0 Å². The normalized spacial score (nSPS) is 12.9. The molecule has 0 saturated heterocycles. The van der Waals surface area contributed by atoms with Gasteiger partial charge in [-0.15, -0.1) is 0 Å². The van der Waals surface area contributed by atoms with Crippen LogP contribution in [0.1, 0.15) is 18.4 Å². The summed E-state index contributed by atoms with van der Waals surface area (Å²) in [5.74, 6) is 0. The van der Waals surface area contributed by atoms with Crippen molar-refractivity contribution in [3.8, 4) is 22.3 Å². The molecule has 0 spiro atoms. The van der Waals surface area contributed by atoms with Crippen LogP contribution in [0.3, 0.4) is 0 Å². The quantitative estimate of drug-likeness (QED) is 0.171. The molecule has 10 aromatic rings. The van der Waals surface area contributed by atoms with Gasteiger partial charge in [-0.05, 0) is 111 Å². The van der Waals surface area contributed by atoms with Crippen LogP contribution in [0.25, 0.3) is 82.1 Å². The van der Waals surface area contributed by atoms with Crippen molar-refractivity contribution in [2.24, 2.45) is 0 Å². The molecule has 0 N–H and O–H groups in total. The van der Waals surface area contributed by atoms with Gasteiger partial charge >= 0.3 is 0 Å². The van der Waals surface area contributed by atoms with E-state index in [1.807, 2.05) is 6.07 Å². The molecule has 0 atom stereocenters. The molecule has 1 heterocycles. The van der Waals surface area contributed by atoms with Gasteiger partial charge in [-0.2, -0.15) is 0 Å². The molecule has 1 aliphatic rings. The highest BCUT2D eigenvalue weighted by atomic mass is 16.3. The van der Waals surface area contributed by atoms with Gasteiger partial charge in [0.05, 0.1) is 16.8 Å². The zero-order valence-electron chi connectivity index (χ0n) is 30.7. The van der Waals surface area contributed by atoms with E-state index >= 15 is 0 Å². The summed E-state index contributed by atoms with van der Waals surface area (Å²) >= 11 is 0. The molecule has 0 bridgehead atoms. The van der Waals surface area contributed by atoms with Gasteiger partial charge in [0.15, 0.2) is 0 Å². The van der Waals surface area contributed by atoms with Crippen LogP contribution in [0.15, 0.2) is 198 Å². The number of furan rings is 1. The van der Waals surface area contributed by atoms with Crippen LogP contribution in [0.4, 0.5) is 11.4 Å². The van der Waals surface area contributed by atoms with Crippen LogP contribution in [-0.4, -0.2) is 0 Å². The molecule has 1 aromatic heterocycles. The van der Waals surface area contributed by atoms with Crippen molar-refractivity contribution in [2.45, 2.75) is 12.8 Å². The maximum absolute atomic E-state index is 6.94. The molecule has 11 rings (SSSR count). The molecule has 0 saturated carbocycles. The summed E-state index contributed by atoms with van der Waals surface area (Å²) in [6.07, 6.45) is 6.54. The number of fused-ring (bicyclic) bond motifs is 7. The molecular formula is C54H35NO. The van der Waals surface area contributed by atoms with E-state index in [1.54, 1.807) is 0 Å². The minimum atomic E-state index is 0.858. The second-order valence-corrected chi connectivity index (χ2v) is 14.6. The predicted molar refractivity (Wildman–Crippen MR) is 235 cm³/mol. The highest BCUT2D eigenvalue weighted by molar-refractivity contribution is 6.23. The van der Waals surface area contributed by atoms with Crippen molar-refractivity contribution in [3.05, 3.63) is 211 Å². The Hall–Kier alpha value is -7.34. The Bertz CT molecular complexity index is 3170. The maximum Gasteiger partial charge on any atom is 0.143 e. The highest BCUT2D eigenvalue weighted by Crippen LogP contribution is 2.48. The fraction of sp³-hybridized carbons (Fsp3) is 0.0370. The average molecular weight is 714 g/mol. The van der Waals surface area contributed by atoms with Crippen molar-refractivity contribution in [2.75, 3.05) is 4.90 Å². The number of benzene rings is 8. The average Bonchev–Trinajstić information content (AvgIpc) is 3.66. The third kappa shape index (κ3) is 5.21. The van der Waals surface area contributed by atoms with E-state index in [9.17, 15) is 0 Å². The Balaban J connectivity index is 1.21. The molecule has 1 aliphatic carbocycles. The Morgan fingerprint density at radius 3 is 2.12 bits per heavy atom. The van der Waals surface area contributed by atoms with Gasteiger partial charge in [-0.3, -0.25) is 0 Å². The second kappa shape index (κ2) is 13.2. The third-order valence-electron chi connectivity index (χ3n) is 11.4. The van der Waals surface area contributed by atoms with Crippen LogP contribution in [0.5, 0.6) is 0 Å². The van der Waals surface area contributed by atoms with E-state index in [0.29, 0.717) is 0 Å². The molecule has 9 aromatic carbocycles. The molecule has 2 nitrogen and oxygen atoms in total. The molecule has 56 heavy (non-hydrogen) atoms. The first-order chi connectivity index (χ1) is 27.8. The summed E-state index contributed by atoms with van der Waals surface area (Å²) in [5, 5.41) is 9.06. The Labute approximate surface area is 325 Å². The van der Waals surface area contributed by atoms with Crippen molar-refractivity contribution in [3.63, 3.8) is 0 Å². The molecule has 0 unspecified atom stereocenters. The van der Waals surface area contributed by atoms with Crippen molar-refractivity contribution >= 4 is 71.2 Å². The summed E-state index contributed by atoms with van der Waals surface area (Å²) in [4.78, 5) is 2.47. The maximum atomic E-state index is 6.94. The summed E-state index contributed by atoms with van der Waals surface area (Å²) in [5.41, 5.74) is 12.4. The molecule has 0 amide bonds. The Kier molecular flexibility index (Phi) is 7.57. The third-order valence-corrected chi connectivity index (χ3v) is 11.4. The molecule has 2 heteroatoms. The summed E-state index contributed by atoms with van der Waals surface area (Å²) in [6.45, 7) is 0. The monoisotopic (exact) mass is 713 g/mol.